The van der Waals surface area contributed by atoms with Gasteiger partial charge in [-0.2, -0.15) is 0 Å². The molecule has 0 aliphatic heterocycles. The lowest BCUT2D eigenvalue weighted by molar-refractivity contribution is -0.274. The molecule has 2 aliphatic rings. The lowest BCUT2D eigenvalue weighted by atomic mass is 9.82. The van der Waals surface area contributed by atoms with Crippen LogP contribution in [0.4, 0.5) is 13.2 Å². The maximum absolute atomic E-state index is 12.4. The number of rotatable bonds is 6. The molecule has 1 fully saturated rings. The molecular weight excluding hydrogens is 407 g/mol. The van der Waals surface area contributed by atoms with Gasteiger partial charge in [-0.05, 0) is 79.2 Å². The minimum Gasteiger partial charge on any atom is -0.493 e. The van der Waals surface area contributed by atoms with Crippen LogP contribution in [0.2, 0.25) is 0 Å². The van der Waals surface area contributed by atoms with E-state index >= 15 is 0 Å². The molecule has 4 nitrogen and oxygen atoms in total. The van der Waals surface area contributed by atoms with E-state index in [2.05, 4.69) is 22.9 Å². The summed E-state index contributed by atoms with van der Waals surface area (Å²) in [5, 5.41) is 9.52. The van der Waals surface area contributed by atoms with Crippen LogP contribution < -0.4 is 15.2 Å². The molecule has 0 heterocycles. The fraction of sp³-hybridized carbons (Fsp3) is 0.500. The third-order valence-corrected chi connectivity index (χ3v) is 6.52. The summed E-state index contributed by atoms with van der Waals surface area (Å²) in [6.07, 6.45) is 0.759. The van der Waals surface area contributed by atoms with Crippen LogP contribution >= 0.6 is 0 Å². The monoisotopic (exact) mass is 435 g/mol. The van der Waals surface area contributed by atoms with Crippen molar-refractivity contribution < 1.29 is 27.8 Å². The fourth-order valence-electron chi connectivity index (χ4n) is 4.81. The number of hydrogen-bond acceptors (Lipinski definition) is 4. The zero-order valence-electron chi connectivity index (χ0n) is 17.3. The first-order chi connectivity index (χ1) is 14.7. The maximum Gasteiger partial charge on any atom is 0.573 e. The standard InChI is InChI=1S/C24H28F3NO3/c25-24(26,27)31-22-3-1-2-21(12-22)30-14-16-4-5-18-11-19(7-6-17(18)10-16)20-8-9-23(28,13-20)15-29/h1-3,6-7,11-12,16,20,29H,4-5,8-10,13-15,28H2/t16-,20+,23-/m1/s1. The van der Waals surface area contributed by atoms with Gasteiger partial charge in [0, 0.05) is 11.6 Å². The Morgan fingerprint density at radius 1 is 1.06 bits per heavy atom. The van der Waals surface area contributed by atoms with Crippen molar-refractivity contribution in [1.82, 2.24) is 0 Å². The first kappa shape index (κ1) is 22.0. The molecule has 0 bridgehead atoms. The van der Waals surface area contributed by atoms with Gasteiger partial charge in [0.25, 0.3) is 0 Å². The number of fused-ring (bicyclic) bond motifs is 1. The molecule has 168 valence electrons. The van der Waals surface area contributed by atoms with Gasteiger partial charge in [0.1, 0.15) is 11.5 Å². The van der Waals surface area contributed by atoms with Gasteiger partial charge in [-0.3, -0.25) is 0 Å². The van der Waals surface area contributed by atoms with Gasteiger partial charge in [-0.25, -0.2) is 0 Å². The number of aliphatic hydroxyl groups excluding tert-OH is 1. The van der Waals surface area contributed by atoms with Crippen molar-refractivity contribution in [2.24, 2.45) is 11.7 Å². The SMILES string of the molecule is N[C@]1(CO)CC[C@H](c2ccc3c(c2)CC[C@@H](COc2cccc(OC(F)(F)F)c2)C3)C1. The molecule has 0 unspecified atom stereocenters. The third kappa shape index (κ3) is 5.52. The zero-order valence-corrected chi connectivity index (χ0v) is 17.3. The van der Waals surface area contributed by atoms with Crippen molar-refractivity contribution in [3.63, 3.8) is 0 Å². The quantitative estimate of drug-likeness (QED) is 0.689. The molecule has 2 aromatic rings. The predicted molar refractivity (Wildman–Crippen MR) is 111 cm³/mol. The average molecular weight is 435 g/mol. The highest BCUT2D eigenvalue weighted by Crippen LogP contribution is 2.40. The van der Waals surface area contributed by atoms with E-state index in [1.807, 2.05) is 0 Å². The number of alkyl halides is 3. The molecule has 3 N–H and O–H groups in total. The summed E-state index contributed by atoms with van der Waals surface area (Å²) in [5.74, 6) is 0.803. The molecule has 4 rings (SSSR count). The van der Waals surface area contributed by atoms with Crippen molar-refractivity contribution in [1.29, 1.82) is 0 Å². The first-order valence-corrected chi connectivity index (χ1v) is 10.7. The summed E-state index contributed by atoms with van der Waals surface area (Å²) in [6.45, 7) is 0.479. The van der Waals surface area contributed by atoms with Gasteiger partial charge in [-0.1, -0.05) is 24.3 Å². The zero-order chi connectivity index (χ0) is 22.1. The van der Waals surface area contributed by atoms with Crippen molar-refractivity contribution in [3.05, 3.63) is 59.2 Å². The van der Waals surface area contributed by atoms with E-state index in [1.165, 1.54) is 34.9 Å². The first-order valence-electron chi connectivity index (χ1n) is 10.7. The van der Waals surface area contributed by atoms with E-state index in [0.717, 1.165) is 38.5 Å². The molecule has 2 aromatic carbocycles. The van der Waals surface area contributed by atoms with Gasteiger partial charge >= 0.3 is 6.36 Å². The molecule has 0 spiro atoms. The number of benzene rings is 2. The number of halogens is 3. The predicted octanol–water partition coefficient (Wildman–Crippen LogP) is 4.73. The Balaban J connectivity index is 1.34. The van der Waals surface area contributed by atoms with Gasteiger partial charge in [-0.15, -0.1) is 13.2 Å². The summed E-state index contributed by atoms with van der Waals surface area (Å²) >= 11 is 0. The van der Waals surface area contributed by atoms with Crippen LogP contribution in [0.25, 0.3) is 0 Å². The lowest BCUT2D eigenvalue weighted by Gasteiger charge is -2.26. The van der Waals surface area contributed by atoms with Crippen LogP contribution in [0.1, 0.15) is 48.3 Å². The van der Waals surface area contributed by atoms with E-state index in [4.69, 9.17) is 10.5 Å². The third-order valence-electron chi connectivity index (χ3n) is 6.52. The summed E-state index contributed by atoms with van der Waals surface area (Å²) in [6, 6.07) is 12.3. The van der Waals surface area contributed by atoms with Gasteiger partial charge < -0.3 is 20.3 Å². The Kier molecular flexibility index (Phi) is 6.17. The molecule has 7 heteroatoms. The van der Waals surface area contributed by atoms with Crippen molar-refractivity contribution in [2.75, 3.05) is 13.2 Å². The second kappa shape index (κ2) is 8.71. The van der Waals surface area contributed by atoms with Crippen LogP contribution in [-0.2, 0) is 12.8 Å². The molecule has 3 atom stereocenters. The van der Waals surface area contributed by atoms with Crippen molar-refractivity contribution >= 4 is 0 Å². The highest BCUT2D eigenvalue weighted by atomic mass is 19.4. The number of aliphatic hydroxyl groups is 1. The number of hydrogen-bond donors (Lipinski definition) is 2. The molecule has 2 aliphatic carbocycles. The number of ether oxygens (including phenoxy) is 2. The lowest BCUT2D eigenvalue weighted by Crippen LogP contribution is -2.40. The summed E-state index contributed by atoms with van der Waals surface area (Å²) in [4.78, 5) is 0. The van der Waals surface area contributed by atoms with Crippen LogP contribution in [0, 0.1) is 5.92 Å². The number of aryl methyl sites for hydroxylation is 1. The van der Waals surface area contributed by atoms with Gasteiger partial charge in [0.05, 0.1) is 13.2 Å². The number of nitrogens with two attached hydrogens (primary N) is 1. The average Bonchev–Trinajstić information content (AvgIpc) is 3.14. The van der Waals surface area contributed by atoms with Gasteiger partial charge in [0.15, 0.2) is 0 Å². The second-order valence-electron chi connectivity index (χ2n) is 8.93. The molecule has 1 saturated carbocycles. The molecule has 31 heavy (non-hydrogen) atoms. The van der Waals surface area contributed by atoms with E-state index < -0.39 is 11.9 Å². The van der Waals surface area contributed by atoms with Crippen LogP contribution in [0.5, 0.6) is 11.5 Å². The molecule has 0 saturated heterocycles. The van der Waals surface area contributed by atoms with Crippen LogP contribution in [0.3, 0.4) is 0 Å². The maximum atomic E-state index is 12.4. The van der Waals surface area contributed by atoms with Crippen molar-refractivity contribution in [2.45, 2.75) is 56.3 Å². The Morgan fingerprint density at radius 2 is 1.87 bits per heavy atom. The fourth-order valence-corrected chi connectivity index (χ4v) is 4.81. The molecular formula is C24H28F3NO3. The Labute approximate surface area is 180 Å². The summed E-state index contributed by atoms with van der Waals surface area (Å²) in [5.41, 5.74) is 9.74. The largest absolute Gasteiger partial charge is 0.573 e. The smallest absolute Gasteiger partial charge is 0.493 e. The van der Waals surface area contributed by atoms with Gasteiger partial charge in [0.2, 0.25) is 0 Å². The van der Waals surface area contributed by atoms with E-state index in [1.54, 1.807) is 6.07 Å². The molecule has 0 aromatic heterocycles. The van der Waals surface area contributed by atoms with E-state index in [9.17, 15) is 18.3 Å². The second-order valence-corrected chi connectivity index (χ2v) is 8.93. The summed E-state index contributed by atoms with van der Waals surface area (Å²) in [7, 11) is 0. The Bertz CT molecular complexity index is 917. The Morgan fingerprint density at radius 3 is 2.61 bits per heavy atom. The van der Waals surface area contributed by atoms with Crippen molar-refractivity contribution in [3.8, 4) is 11.5 Å². The molecule has 0 radical (unpaired) electrons. The highest BCUT2D eigenvalue weighted by Gasteiger charge is 2.36. The highest BCUT2D eigenvalue weighted by molar-refractivity contribution is 5.37. The van der Waals surface area contributed by atoms with E-state index in [0.29, 0.717) is 24.2 Å². The normalized spacial score (nSPS) is 25.8. The summed E-state index contributed by atoms with van der Waals surface area (Å²) < 4.78 is 46.9. The van der Waals surface area contributed by atoms with Crippen LogP contribution in [0.15, 0.2) is 42.5 Å². The minimum atomic E-state index is -4.72. The minimum absolute atomic E-state index is 0.0291. The topological polar surface area (TPSA) is 64.7 Å². The van der Waals surface area contributed by atoms with Crippen LogP contribution in [-0.4, -0.2) is 30.2 Å². The molecule has 0 amide bonds. The van der Waals surface area contributed by atoms with E-state index in [-0.39, 0.29) is 12.4 Å². The Hall–Kier alpha value is -2.25.